The number of benzene rings is 1. The fourth-order valence-corrected chi connectivity index (χ4v) is 2.03. The number of rotatable bonds is 4. The molecular weight excluding hydrogens is 276 g/mol. The predicted molar refractivity (Wildman–Crippen MR) is 78.7 cm³/mol. The van der Waals surface area contributed by atoms with Crippen molar-refractivity contribution in [1.82, 2.24) is 4.98 Å². The van der Waals surface area contributed by atoms with Gasteiger partial charge in [-0.2, -0.15) is 0 Å². The topological polar surface area (TPSA) is 51.2 Å². The van der Waals surface area contributed by atoms with E-state index < -0.39 is 11.5 Å². The van der Waals surface area contributed by atoms with Crippen molar-refractivity contribution in [3.63, 3.8) is 0 Å². The van der Waals surface area contributed by atoms with E-state index in [-0.39, 0.29) is 0 Å². The molecule has 0 aliphatic carbocycles. The molecule has 0 spiro atoms. The van der Waals surface area contributed by atoms with Crippen molar-refractivity contribution < 1.29 is 9.53 Å². The maximum atomic E-state index is 12.2. The van der Waals surface area contributed by atoms with Gasteiger partial charge in [0.25, 0.3) is 0 Å². The molecule has 2 rings (SSSR count). The molecular formula is C15H15ClN2O2. The van der Waals surface area contributed by atoms with Crippen LogP contribution in [0.2, 0.25) is 5.02 Å². The summed E-state index contributed by atoms with van der Waals surface area (Å²) < 4.78 is 4.90. The van der Waals surface area contributed by atoms with Crippen molar-refractivity contribution in [3.8, 4) is 0 Å². The normalized spacial score (nSPS) is 13.3. The Hall–Kier alpha value is -2.07. The van der Waals surface area contributed by atoms with Gasteiger partial charge in [0.2, 0.25) is 0 Å². The first-order chi connectivity index (χ1) is 9.56. The molecule has 1 heterocycles. The summed E-state index contributed by atoms with van der Waals surface area (Å²) in [6, 6.07) is 12.5. The Morgan fingerprint density at radius 1 is 1.25 bits per heavy atom. The SMILES string of the molecule is COC(=O)C(C)(Nc1ccc(Cl)cc1)c1ccccn1. The minimum Gasteiger partial charge on any atom is -0.467 e. The van der Waals surface area contributed by atoms with Gasteiger partial charge in [-0.25, -0.2) is 4.79 Å². The zero-order valence-electron chi connectivity index (χ0n) is 11.3. The number of hydrogen-bond donors (Lipinski definition) is 1. The number of nitrogens with zero attached hydrogens (tertiary/aromatic N) is 1. The van der Waals surface area contributed by atoms with E-state index in [0.29, 0.717) is 10.7 Å². The zero-order valence-corrected chi connectivity index (χ0v) is 12.0. The monoisotopic (exact) mass is 290 g/mol. The lowest BCUT2D eigenvalue weighted by Gasteiger charge is -2.28. The highest BCUT2D eigenvalue weighted by atomic mass is 35.5. The van der Waals surface area contributed by atoms with E-state index >= 15 is 0 Å². The maximum absolute atomic E-state index is 12.2. The Balaban J connectivity index is 2.38. The molecule has 20 heavy (non-hydrogen) atoms. The largest absolute Gasteiger partial charge is 0.467 e. The van der Waals surface area contributed by atoms with Gasteiger partial charge in [0.05, 0.1) is 12.8 Å². The summed E-state index contributed by atoms with van der Waals surface area (Å²) in [5.74, 6) is -0.411. The molecule has 0 fully saturated rings. The van der Waals surface area contributed by atoms with Crippen LogP contribution in [0.5, 0.6) is 0 Å². The van der Waals surface area contributed by atoms with Crippen molar-refractivity contribution in [1.29, 1.82) is 0 Å². The van der Waals surface area contributed by atoms with Gasteiger partial charge < -0.3 is 10.1 Å². The van der Waals surface area contributed by atoms with Gasteiger partial charge in [-0.3, -0.25) is 4.98 Å². The summed E-state index contributed by atoms with van der Waals surface area (Å²) in [6.45, 7) is 1.73. The lowest BCUT2D eigenvalue weighted by Crippen LogP contribution is -2.42. The number of aromatic nitrogens is 1. The Labute approximate surface area is 122 Å². The van der Waals surface area contributed by atoms with Crippen LogP contribution in [0.4, 0.5) is 5.69 Å². The molecule has 1 N–H and O–H groups in total. The van der Waals surface area contributed by atoms with Crippen molar-refractivity contribution in [3.05, 3.63) is 59.4 Å². The van der Waals surface area contributed by atoms with Crippen LogP contribution in [0.25, 0.3) is 0 Å². The summed E-state index contributed by atoms with van der Waals surface area (Å²) in [5.41, 5.74) is 0.277. The number of carbonyl (C=O) groups excluding carboxylic acids is 1. The standard InChI is InChI=1S/C15H15ClN2O2/c1-15(14(19)20-2,13-5-3-4-10-17-13)18-12-8-6-11(16)7-9-12/h3-10,18H,1-2H3. The van der Waals surface area contributed by atoms with Crippen LogP contribution in [0.1, 0.15) is 12.6 Å². The van der Waals surface area contributed by atoms with Crippen molar-refractivity contribution in [2.45, 2.75) is 12.5 Å². The lowest BCUT2D eigenvalue weighted by atomic mass is 9.96. The lowest BCUT2D eigenvalue weighted by molar-refractivity contribution is -0.145. The Bertz CT molecular complexity index is 587. The van der Waals surface area contributed by atoms with Crippen molar-refractivity contribution in [2.24, 2.45) is 0 Å². The number of halogens is 1. The first kappa shape index (κ1) is 14.3. The van der Waals surface area contributed by atoms with Crippen LogP contribution < -0.4 is 5.32 Å². The third-order valence-corrected chi connectivity index (χ3v) is 3.26. The third kappa shape index (κ3) is 2.91. The number of ether oxygens (including phenoxy) is 1. The second-order valence-electron chi connectivity index (χ2n) is 4.46. The number of methoxy groups -OCH3 is 1. The molecule has 0 radical (unpaired) electrons. The van der Waals surface area contributed by atoms with Crippen LogP contribution in [0.3, 0.4) is 0 Å². The van der Waals surface area contributed by atoms with Gasteiger partial charge >= 0.3 is 5.97 Å². The highest BCUT2D eigenvalue weighted by molar-refractivity contribution is 6.30. The molecule has 1 aromatic heterocycles. The summed E-state index contributed by atoms with van der Waals surface area (Å²) in [4.78, 5) is 16.4. The van der Waals surface area contributed by atoms with E-state index in [1.165, 1.54) is 7.11 Å². The minimum atomic E-state index is -1.07. The first-order valence-corrected chi connectivity index (χ1v) is 6.48. The molecule has 5 heteroatoms. The molecule has 4 nitrogen and oxygen atoms in total. The molecule has 1 unspecified atom stereocenters. The highest BCUT2D eigenvalue weighted by Gasteiger charge is 2.37. The van der Waals surface area contributed by atoms with Gasteiger partial charge in [0.1, 0.15) is 0 Å². The Morgan fingerprint density at radius 3 is 2.50 bits per heavy atom. The van der Waals surface area contributed by atoms with E-state index in [2.05, 4.69) is 10.3 Å². The Kier molecular flexibility index (Phi) is 4.25. The van der Waals surface area contributed by atoms with Crippen LogP contribution in [0, 0.1) is 0 Å². The summed E-state index contributed by atoms with van der Waals surface area (Å²) in [6.07, 6.45) is 1.64. The quantitative estimate of drug-likeness (QED) is 0.878. The van der Waals surface area contributed by atoms with E-state index in [1.54, 1.807) is 49.5 Å². The predicted octanol–water partition coefficient (Wildman–Crippen LogP) is 3.24. The molecule has 1 aromatic carbocycles. The molecule has 0 aliphatic rings. The average molecular weight is 291 g/mol. The van der Waals surface area contributed by atoms with Crippen LogP contribution in [0.15, 0.2) is 48.7 Å². The smallest absolute Gasteiger partial charge is 0.337 e. The molecule has 0 saturated heterocycles. The molecule has 2 aromatic rings. The molecule has 1 atom stereocenters. The first-order valence-electron chi connectivity index (χ1n) is 6.10. The second-order valence-corrected chi connectivity index (χ2v) is 4.90. The van der Waals surface area contributed by atoms with Gasteiger partial charge in [-0.1, -0.05) is 17.7 Å². The van der Waals surface area contributed by atoms with E-state index in [1.807, 2.05) is 6.07 Å². The Morgan fingerprint density at radius 2 is 1.95 bits per heavy atom. The second kappa shape index (κ2) is 5.92. The number of esters is 1. The van der Waals surface area contributed by atoms with Crippen LogP contribution >= 0.6 is 11.6 Å². The summed E-state index contributed by atoms with van der Waals surface area (Å²) >= 11 is 5.86. The molecule has 0 amide bonds. The number of nitrogens with one attached hydrogen (secondary N) is 1. The minimum absolute atomic E-state index is 0.411. The summed E-state index contributed by atoms with van der Waals surface area (Å²) in [7, 11) is 1.35. The maximum Gasteiger partial charge on any atom is 0.337 e. The van der Waals surface area contributed by atoms with Gasteiger partial charge in [-0.05, 0) is 43.3 Å². The van der Waals surface area contributed by atoms with Crippen molar-refractivity contribution >= 4 is 23.3 Å². The van der Waals surface area contributed by atoms with Crippen molar-refractivity contribution in [2.75, 3.05) is 12.4 Å². The average Bonchev–Trinajstić information content (AvgIpc) is 2.49. The number of hydrogen-bond acceptors (Lipinski definition) is 4. The summed E-state index contributed by atoms with van der Waals surface area (Å²) in [5, 5.41) is 3.79. The fraction of sp³-hybridized carbons (Fsp3) is 0.200. The van der Waals surface area contributed by atoms with E-state index in [9.17, 15) is 4.79 Å². The molecule has 0 saturated carbocycles. The third-order valence-electron chi connectivity index (χ3n) is 3.01. The van der Waals surface area contributed by atoms with Crippen LogP contribution in [-0.2, 0) is 15.1 Å². The fourth-order valence-electron chi connectivity index (χ4n) is 1.90. The van der Waals surface area contributed by atoms with Crippen LogP contribution in [-0.4, -0.2) is 18.1 Å². The number of pyridine rings is 1. The van der Waals surface area contributed by atoms with Gasteiger partial charge in [0, 0.05) is 16.9 Å². The molecule has 0 bridgehead atoms. The number of anilines is 1. The van der Waals surface area contributed by atoms with E-state index in [4.69, 9.17) is 16.3 Å². The molecule has 104 valence electrons. The van der Waals surface area contributed by atoms with E-state index in [0.717, 1.165) is 5.69 Å². The molecule has 0 aliphatic heterocycles. The zero-order chi connectivity index (χ0) is 14.6. The van der Waals surface area contributed by atoms with Gasteiger partial charge in [0.15, 0.2) is 5.54 Å². The van der Waals surface area contributed by atoms with Gasteiger partial charge in [-0.15, -0.1) is 0 Å². The number of carbonyl (C=O) groups is 1. The highest BCUT2D eigenvalue weighted by Crippen LogP contribution is 2.26.